The number of carbonyl (C=O) groups is 1. The summed E-state index contributed by atoms with van der Waals surface area (Å²) in [5, 5.41) is 2.79. The van der Waals surface area contributed by atoms with Crippen LogP contribution in [-0.4, -0.2) is 35.5 Å². The van der Waals surface area contributed by atoms with Crippen molar-refractivity contribution in [2.24, 2.45) is 0 Å². The van der Waals surface area contributed by atoms with Crippen LogP contribution < -0.4 is 10.0 Å². The minimum atomic E-state index is -4.11. The molecule has 0 atom stereocenters. The molecule has 0 bridgehead atoms. The van der Waals surface area contributed by atoms with Crippen LogP contribution in [0.5, 0.6) is 0 Å². The zero-order valence-corrected chi connectivity index (χ0v) is 18.4. The Morgan fingerprint density at radius 3 is 2.16 bits per heavy atom. The van der Waals surface area contributed by atoms with Gasteiger partial charge in [-0.3, -0.25) is 9.52 Å². The molecule has 0 aromatic heterocycles. The summed E-state index contributed by atoms with van der Waals surface area (Å²) in [5.74, 6) is -0.417. The Bertz CT molecular complexity index is 1290. The van der Waals surface area contributed by atoms with Crippen molar-refractivity contribution < 1.29 is 21.6 Å². The predicted molar refractivity (Wildman–Crippen MR) is 119 cm³/mol. The van der Waals surface area contributed by atoms with Crippen molar-refractivity contribution >= 4 is 31.5 Å². The SMILES string of the molecule is CS(=O)(=O)c1cccc(S(=O)(=O)Nc2ccccc2C(=O)NCCc2ccccc2)c1. The van der Waals surface area contributed by atoms with Crippen molar-refractivity contribution in [1.29, 1.82) is 0 Å². The van der Waals surface area contributed by atoms with E-state index in [0.29, 0.717) is 13.0 Å². The number of sulfone groups is 1. The average Bonchev–Trinajstić information content (AvgIpc) is 2.74. The number of amides is 1. The molecule has 0 radical (unpaired) electrons. The van der Waals surface area contributed by atoms with Crippen LogP contribution in [0.3, 0.4) is 0 Å². The lowest BCUT2D eigenvalue weighted by Crippen LogP contribution is -2.27. The van der Waals surface area contributed by atoms with Gasteiger partial charge in [-0.2, -0.15) is 0 Å². The van der Waals surface area contributed by atoms with Gasteiger partial charge in [-0.25, -0.2) is 16.8 Å². The molecule has 7 nitrogen and oxygen atoms in total. The van der Waals surface area contributed by atoms with Crippen molar-refractivity contribution in [3.05, 3.63) is 90.0 Å². The summed E-state index contributed by atoms with van der Waals surface area (Å²) in [6, 6.07) is 20.9. The van der Waals surface area contributed by atoms with Crippen LogP contribution in [0, 0.1) is 0 Å². The van der Waals surface area contributed by atoms with E-state index < -0.39 is 25.8 Å². The molecule has 9 heteroatoms. The molecular weight excluding hydrogens is 436 g/mol. The molecule has 0 unspecified atom stereocenters. The Balaban J connectivity index is 1.77. The predicted octanol–water partition coefficient (Wildman–Crippen LogP) is 2.86. The molecule has 3 aromatic rings. The highest BCUT2D eigenvalue weighted by atomic mass is 32.2. The number of anilines is 1. The molecule has 162 valence electrons. The van der Waals surface area contributed by atoms with Gasteiger partial charge in [0.05, 0.1) is 21.0 Å². The van der Waals surface area contributed by atoms with E-state index in [1.165, 1.54) is 30.3 Å². The van der Waals surface area contributed by atoms with Gasteiger partial charge in [0, 0.05) is 12.8 Å². The fourth-order valence-corrected chi connectivity index (χ4v) is 4.77. The van der Waals surface area contributed by atoms with Crippen LogP contribution >= 0.6 is 0 Å². The largest absolute Gasteiger partial charge is 0.352 e. The lowest BCUT2D eigenvalue weighted by atomic mass is 10.1. The van der Waals surface area contributed by atoms with Gasteiger partial charge in [0.2, 0.25) is 0 Å². The number of benzene rings is 3. The monoisotopic (exact) mass is 458 g/mol. The molecule has 0 aliphatic rings. The molecule has 1 amide bonds. The third-order valence-electron chi connectivity index (χ3n) is 4.50. The van der Waals surface area contributed by atoms with Gasteiger partial charge >= 0.3 is 0 Å². The Morgan fingerprint density at radius 2 is 1.45 bits per heavy atom. The van der Waals surface area contributed by atoms with Crippen LogP contribution in [-0.2, 0) is 26.3 Å². The summed E-state index contributed by atoms with van der Waals surface area (Å²) in [6.07, 6.45) is 1.64. The minimum Gasteiger partial charge on any atom is -0.352 e. The quantitative estimate of drug-likeness (QED) is 0.539. The summed E-state index contributed by atoms with van der Waals surface area (Å²) in [4.78, 5) is 12.3. The fraction of sp³-hybridized carbons (Fsp3) is 0.136. The van der Waals surface area contributed by atoms with E-state index in [-0.39, 0.29) is 21.0 Å². The third kappa shape index (κ3) is 5.93. The summed E-state index contributed by atoms with van der Waals surface area (Å²) >= 11 is 0. The first-order chi connectivity index (χ1) is 14.7. The van der Waals surface area contributed by atoms with Gasteiger partial charge < -0.3 is 5.32 Å². The van der Waals surface area contributed by atoms with Crippen molar-refractivity contribution in [2.45, 2.75) is 16.2 Å². The molecular formula is C22H22N2O5S2. The number of rotatable bonds is 8. The number of hydrogen-bond acceptors (Lipinski definition) is 5. The molecule has 0 saturated heterocycles. The Labute approximate surface area is 182 Å². The second-order valence-corrected chi connectivity index (χ2v) is 10.6. The van der Waals surface area contributed by atoms with Gasteiger partial charge in [-0.1, -0.05) is 48.5 Å². The molecule has 0 spiro atoms. The summed E-state index contributed by atoms with van der Waals surface area (Å²) in [6.45, 7) is 0.389. The lowest BCUT2D eigenvalue weighted by molar-refractivity contribution is 0.0955. The highest BCUT2D eigenvalue weighted by Gasteiger charge is 2.20. The van der Waals surface area contributed by atoms with Gasteiger partial charge in [-0.05, 0) is 42.3 Å². The Kier molecular flexibility index (Phi) is 6.77. The third-order valence-corrected chi connectivity index (χ3v) is 6.98. The Morgan fingerprint density at radius 1 is 0.806 bits per heavy atom. The fourth-order valence-electron chi connectivity index (χ4n) is 2.91. The van der Waals surface area contributed by atoms with Crippen molar-refractivity contribution in [2.75, 3.05) is 17.5 Å². The number of hydrogen-bond donors (Lipinski definition) is 2. The maximum absolute atomic E-state index is 12.8. The molecule has 0 aliphatic heterocycles. The summed E-state index contributed by atoms with van der Waals surface area (Å²) in [7, 11) is -7.68. The van der Waals surface area contributed by atoms with Crippen LogP contribution in [0.15, 0.2) is 88.7 Å². The van der Waals surface area contributed by atoms with Gasteiger partial charge in [0.25, 0.3) is 15.9 Å². The summed E-state index contributed by atoms with van der Waals surface area (Å²) in [5.41, 5.74) is 1.34. The van der Waals surface area contributed by atoms with E-state index in [4.69, 9.17) is 0 Å². The molecule has 0 heterocycles. The van der Waals surface area contributed by atoms with Crippen molar-refractivity contribution in [1.82, 2.24) is 5.32 Å². The maximum Gasteiger partial charge on any atom is 0.261 e. The smallest absolute Gasteiger partial charge is 0.261 e. The van der Waals surface area contributed by atoms with Gasteiger partial charge in [0.1, 0.15) is 0 Å². The van der Waals surface area contributed by atoms with E-state index in [0.717, 1.165) is 17.9 Å². The number of carbonyl (C=O) groups excluding carboxylic acids is 1. The van der Waals surface area contributed by atoms with Crippen LogP contribution in [0.25, 0.3) is 0 Å². The van der Waals surface area contributed by atoms with E-state index in [1.54, 1.807) is 12.1 Å². The maximum atomic E-state index is 12.8. The second kappa shape index (κ2) is 9.32. The Hall–Kier alpha value is -3.17. The van der Waals surface area contributed by atoms with Gasteiger partial charge in [0.15, 0.2) is 9.84 Å². The van der Waals surface area contributed by atoms with Crippen molar-refractivity contribution in [3.63, 3.8) is 0 Å². The number of nitrogens with one attached hydrogen (secondary N) is 2. The molecule has 3 rings (SSSR count). The standard InChI is InChI=1S/C22H22N2O5S2/c1-30(26,27)18-10-7-11-19(16-18)31(28,29)24-21-13-6-5-12-20(21)22(25)23-15-14-17-8-3-2-4-9-17/h2-13,16,24H,14-15H2,1H3,(H,23,25). The minimum absolute atomic E-state index is 0.101. The van der Waals surface area contributed by atoms with Crippen LogP contribution in [0.2, 0.25) is 0 Å². The number of sulfonamides is 1. The van der Waals surface area contributed by atoms with E-state index in [2.05, 4.69) is 10.0 Å². The molecule has 31 heavy (non-hydrogen) atoms. The van der Waals surface area contributed by atoms with E-state index >= 15 is 0 Å². The van der Waals surface area contributed by atoms with Crippen LogP contribution in [0.1, 0.15) is 15.9 Å². The zero-order valence-electron chi connectivity index (χ0n) is 16.8. The first-order valence-corrected chi connectivity index (χ1v) is 12.8. The average molecular weight is 459 g/mol. The zero-order chi connectivity index (χ0) is 22.5. The molecule has 0 fully saturated rings. The first kappa shape index (κ1) is 22.5. The topological polar surface area (TPSA) is 109 Å². The molecule has 0 aliphatic carbocycles. The number of para-hydroxylation sites is 1. The van der Waals surface area contributed by atoms with E-state index in [1.807, 2.05) is 30.3 Å². The normalized spacial score (nSPS) is 11.6. The van der Waals surface area contributed by atoms with Crippen molar-refractivity contribution in [3.8, 4) is 0 Å². The molecule has 3 aromatic carbocycles. The van der Waals surface area contributed by atoms with Crippen LogP contribution in [0.4, 0.5) is 5.69 Å². The van der Waals surface area contributed by atoms with E-state index in [9.17, 15) is 21.6 Å². The molecule has 2 N–H and O–H groups in total. The van der Waals surface area contributed by atoms with Gasteiger partial charge in [-0.15, -0.1) is 0 Å². The molecule has 0 saturated carbocycles. The highest BCUT2D eigenvalue weighted by Crippen LogP contribution is 2.22. The first-order valence-electron chi connectivity index (χ1n) is 9.41. The highest BCUT2D eigenvalue weighted by molar-refractivity contribution is 7.93. The lowest BCUT2D eigenvalue weighted by Gasteiger charge is -2.13. The summed E-state index contributed by atoms with van der Waals surface area (Å²) < 4.78 is 51.5. The second-order valence-electron chi connectivity index (χ2n) is 6.89.